The molecule has 1 aliphatic heterocycles. The molecule has 5 nitrogen and oxygen atoms in total. The zero-order chi connectivity index (χ0) is 16.6. The van der Waals surface area contributed by atoms with Gasteiger partial charge in [0, 0.05) is 11.8 Å². The summed E-state index contributed by atoms with van der Waals surface area (Å²) in [6.07, 6.45) is 2.08. The fourth-order valence-corrected chi connectivity index (χ4v) is 2.61. The van der Waals surface area contributed by atoms with Crippen molar-refractivity contribution in [1.29, 1.82) is 0 Å². The van der Waals surface area contributed by atoms with Gasteiger partial charge >= 0.3 is 0 Å². The topological polar surface area (TPSA) is 59.6 Å². The fourth-order valence-electron chi connectivity index (χ4n) is 2.61. The Hall–Kier alpha value is -2.37. The zero-order valence-electron chi connectivity index (χ0n) is 13.5. The van der Waals surface area contributed by atoms with Crippen LogP contribution in [-0.2, 0) is 9.53 Å². The summed E-state index contributed by atoms with van der Waals surface area (Å²) in [5, 5.41) is 6.12. The highest BCUT2D eigenvalue weighted by atomic mass is 16.5. The summed E-state index contributed by atoms with van der Waals surface area (Å²) in [6, 6.07) is 16.9. The smallest absolute Gasteiger partial charge is 0.250 e. The van der Waals surface area contributed by atoms with E-state index in [0.29, 0.717) is 11.4 Å². The van der Waals surface area contributed by atoms with E-state index in [1.54, 1.807) is 6.07 Å². The van der Waals surface area contributed by atoms with E-state index in [1.807, 2.05) is 48.5 Å². The minimum atomic E-state index is -0.148. The molecule has 3 rings (SSSR count). The lowest BCUT2D eigenvalue weighted by atomic mass is 10.1. The van der Waals surface area contributed by atoms with Crippen LogP contribution in [0.15, 0.2) is 54.6 Å². The van der Waals surface area contributed by atoms with Crippen LogP contribution in [0.3, 0.4) is 0 Å². The molecule has 0 spiro atoms. The van der Waals surface area contributed by atoms with Gasteiger partial charge in [0.15, 0.2) is 0 Å². The molecule has 0 aliphatic carbocycles. The van der Waals surface area contributed by atoms with Crippen molar-refractivity contribution in [2.45, 2.75) is 18.9 Å². The number of benzene rings is 2. The average Bonchev–Trinajstić information content (AvgIpc) is 2.62. The first-order chi connectivity index (χ1) is 11.8. The number of hydrogen-bond acceptors (Lipinski definition) is 4. The van der Waals surface area contributed by atoms with Crippen molar-refractivity contribution in [2.24, 2.45) is 0 Å². The molecule has 0 saturated carbocycles. The first-order valence-corrected chi connectivity index (χ1v) is 8.25. The number of carbonyl (C=O) groups is 1. The van der Waals surface area contributed by atoms with Crippen molar-refractivity contribution in [3.63, 3.8) is 0 Å². The van der Waals surface area contributed by atoms with Crippen LogP contribution in [0.2, 0.25) is 0 Å². The third-order valence-electron chi connectivity index (χ3n) is 3.83. The predicted octanol–water partition coefficient (Wildman–Crippen LogP) is 3.19. The lowest BCUT2D eigenvalue weighted by Gasteiger charge is -2.22. The summed E-state index contributed by atoms with van der Waals surface area (Å²) in [5.74, 6) is 1.29. The molecule has 0 bridgehead atoms. The lowest BCUT2D eigenvalue weighted by molar-refractivity contribution is -0.123. The van der Waals surface area contributed by atoms with Gasteiger partial charge in [-0.15, -0.1) is 0 Å². The van der Waals surface area contributed by atoms with Crippen LogP contribution in [0, 0.1) is 0 Å². The van der Waals surface area contributed by atoms with E-state index in [2.05, 4.69) is 10.6 Å². The second-order valence-corrected chi connectivity index (χ2v) is 5.75. The number of hydrogen-bond donors (Lipinski definition) is 2. The number of ether oxygens (including phenoxy) is 2. The first kappa shape index (κ1) is 16.5. The summed E-state index contributed by atoms with van der Waals surface area (Å²) in [5.41, 5.74) is 0.697. The Morgan fingerprint density at radius 1 is 1.04 bits per heavy atom. The zero-order valence-corrected chi connectivity index (χ0v) is 13.5. The van der Waals surface area contributed by atoms with Crippen molar-refractivity contribution >= 4 is 11.6 Å². The molecule has 2 aromatic rings. The highest BCUT2D eigenvalue weighted by Gasteiger charge is 2.14. The van der Waals surface area contributed by atoms with Crippen LogP contribution in [0.4, 0.5) is 5.69 Å². The van der Waals surface area contributed by atoms with Crippen molar-refractivity contribution in [3.05, 3.63) is 54.6 Å². The second kappa shape index (κ2) is 8.47. The van der Waals surface area contributed by atoms with E-state index < -0.39 is 0 Å². The molecular formula is C19H22N2O3. The van der Waals surface area contributed by atoms with Gasteiger partial charge in [-0.2, -0.15) is 0 Å². The van der Waals surface area contributed by atoms with Crippen molar-refractivity contribution in [3.8, 4) is 11.5 Å². The molecular weight excluding hydrogens is 304 g/mol. The first-order valence-electron chi connectivity index (χ1n) is 8.25. The van der Waals surface area contributed by atoms with Gasteiger partial charge in [-0.1, -0.05) is 24.3 Å². The Morgan fingerprint density at radius 3 is 2.58 bits per heavy atom. The van der Waals surface area contributed by atoms with Crippen LogP contribution in [0.25, 0.3) is 0 Å². The highest BCUT2D eigenvalue weighted by molar-refractivity contribution is 5.91. The Morgan fingerprint density at radius 2 is 1.79 bits per heavy atom. The van der Waals surface area contributed by atoms with Crippen molar-refractivity contribution < 1.29 is 14.3 Å². The van der Waals surface area contributed by atoms with E-state index in [0.717, 1.165) is 31.7 Å². The Kier molecular flexibility index (Phi) is 5.82. The molecule has 1 amide bonds. The maximum absolute atomic E-state index is 12.0. The predicted molar refractivity (Wildman–Crippen MR) is 93.4 cm³/mol. The summed E-state index contributed by atoms with van der Waals surface area (Å²) in [6.45, 7) is 1.98. The minimum absolute atomic E-state index is 0.0778. The quantitative estimate of drug-likeness (QED) is 0.856. The van der Waals surface area contributed by atoms with Crippen LogP contribution in [0.1, 0.15) is 12.8 Å². The largest absolute Gasteiger partial charge is 0.457 e. The molecule has 126 valence electrons. The molecule has 2 N–H and O–H groups in total. The van der Waals surface area contributed by atoms with E-state index in [4.69, 9.17) is 9.47 Å². The molecule has 0 aromatic heterocycles. The van der Waals surface area contributed by atoms with E-state index in [9.17, 15) is 4.79 Å². The maximum Gasteiger partial charge on any atom is 0.250 e. The van der Waals surface area contributed by atoms with Crippen LogP contribution >= 0.6 is 0 Å². The molecule has 1 heterocycles. The fraction of sp³-hybridized carbons (Fsp3) is 0.316. The Bertz CT molecular complexity index is 655. The number of carbonyl (C=O) groups excluding carboxylic acids is 1. The molecule has 0 radical (unpaired) electrons. The van der Waals surface area contributed by atoms with Gasteiger partial charge < -0.3 is 20.1 Å². The van der Waals surface area contributed by atoms with Gasteiger partial charge in [0.1, 0.15) is 18.1 Å². The SMILES string of the molecule is O=C(COC1CCNCC1)Nc1cccc(Oc2ccccc2)c1. The lowest BCUT2D eigenvalue weighted by Crippen LogP contribution is -2.34. The summed E-state index contributed by atoms with van der Waals surface area (Å²) in [4.78, 5) is 12.0. The van der Waals surface area contributed by atoms with Gasteiger partial charge in [0.05, 0.1) is 6.10 Å². The Balaban J connectivity index is 1.51. The Labute approximate surface area is 142 Å². The van der Waals surface area contributed by atoms with Gasteiger partial charge in [-0.05, 0) is 50.2 Å². The number of para-hydroxylation sites is 1. The third kappa shape index (κ3) is 5.08. The molecule has 5 heteroatoms. The number of nitrogens with one attached hydrogen (secondary N) is 2. The molecule has 2 aromatic carbocycles. The highest BCUT2D eigenvalue weighted by Crippen LogP contribution is 2.23. The van der Waals surface area contributed by atoms with Gasteiger partial charge in [0.25, 0.3) is 0 Å². The van der Waals surface area contributed by atoms with E-state index in [1.165, 1.54) is 0 Å². The number of rotatable bonds is 6. The normalized spacial score (nSPS) is 15.0. The number of amides is 1. The molecule has 1 saturated heterocycles. The van der Waals surface area contributed by atoms with Crippen LogP contribution < -0.4 is 15.4 Å². The average molecular weight is 326 g/mol. The third-order valence-corrected chi connectivity index (χ3v) is 3.83. The standard InChI is InChI=1S/C19H22N2O3/c22-19(14-23-16-9-11-20-12-10-16)21-15-5-4-8-18(13-15)24-17-6-2-1-3-7-17/h1-8,13,16,20H,9-12,14H2,(H,21,22). The number of piperidine rings is 1. The molecule has 0 atom stereocenters. The number of anilines is 1. The van der Waals surface area contributed by atoms with Gasteiger partial charge in [-0.25, -0.2) is 0 Å². The summed E-state index contributed by atoms with van der Waals surface area (Å²) in [7, 11) is 0. The monoisotopic (exact) mass is 326 g/mol. The molecule has 1 aliphatic rings. The second-order valence-electron chi connectivity index (χ2n) is 5.75. The molecule has 1 fully saturated rings. The molecule has 24 heavy (non-hydrogen) atoms. The maximum atomic E-state index is 12.0. The summed E-state index contributed by atoms with van der Waals surface area (Å²) < 4.78 is 11.4. The van der Waals surface area contributed by atoms with Crippen molar-refractivity contribution in [1.82, 2.24) is 5.32 Å². The van der Waals surface area contributed by atoms with Crippen LogP contribution in [-0.4, -0.2) is 31.7 Å². The van der Waals surface area contributed by atoms with E-state index >= 15 is 0 Å². The van der Waals surface area contributed by atoms with Crippen LogP contribution in [0.5, 0.6) is 11.5 Å². The van der Waals surface area contributed by atoms with E-state index in [-0.39, 0.29) is 18.6 Å². The van der Waals surface area contributed by atoms with Gasteiger partial charge in [0.2, 0.25) is 5.91 Å². The van der Waals surface area contributed by atoms with Crippen molar-refractivity contribution in [2.75, 3.05) is 25.0 Å². The minimum Gasteiger partial charge on any atom is -0.457 e. The van der Waals surface area contributed by atoms with Gasteiger partial charge in [-0.3, -0.25) is 4.79 Å². The molecule has 0 unspecified atom stereocenters. The summed E-state index contributed by atoms with van der Waals surface area (Å²) >= 11 is 0.